The van der Waals surface area contributed by atoms with E-state index in [4.69, 9.17) is 0 Å². The van der Waals surface area contributed by atoms with E-state index < -0.39 is 0 Å². The second-order valence-electron chi connectivity index (χ2n) is 4.33. The van der Waals surface area contributed by atoms with Crippen molar-refractivity contribution in [3.05, 3.63) is 23.7 Å². The van der Waals surface area contributed by atoms with Crippen LogP contribution in [0.5, 0.6) is 0 Å². The van der Waals surface area contributed by atoms with Crippen molar-refractivity contribution < 1.29 is 0 Å². The van der Waals surface area contributed by atoms with Crippen LogP contribution in [0, 0.1) is 6.92 Å². The van der Waals surface area contributed by atoms with Gasteiger partial charge in [-0.1, -0.05) is 0 Å². The molecule has 88 valence electrons. The average Bonchev–Trinajstić information content (AvgIpc) is 3.00. The van der Waals surface area contributed by atoms with Crippen LogP contribution in [-0.2, 0) is 6.54 Å². The summed E-state index contributed by atoms with van der Waals surface area (Å²) >= 11 is 0. The SMILES string of the molecule is Cc1cnc(-c2cn[nH]n2)nc1CNC1CC1. The lowest BCUT2D eigenvalue weighted by molar-refractivity contribution is 0.669. The zero-order chi connectivity index (χ0) is 11.7. The van der Waals surface area contributed by atoms with Gasteiger partial charge in [-0.2, -0.15) is 15.4 Å². The molecule has 0 aliphatic heterocycles. The highest BCUT2D eigenvalue weighted by molar-refractivity contribution is 5.46. The Morgan fingerprint density at radius 3 is 3.00 bits per heavy atom. The second kappa shape index (κ2) is 4.21. The number of aromatic nitrogens is 5. The number of aromatic amines is 1. The van der Waals surface area contributed by atoms with Crippen LogP contribution in [0.2, 0.25) is 0 Å². The third-order valence-electron chi connectivity index (χ3n) is 2.86. The van der Waals surface area contributed by atoms with Gasteiger partial charge in [-0.15, -0.1) is 0 Å². The summed E-state index contributed by atoms with van der Waals surface area (Å²) in [5.41, 5.74) is 2.81. The standard InChI is InChI=1S/C11H14N6/c1-7-4-13-11(10-6-14-17-16-10)15-9(7)5-12-8-2-3-8/h4,6,8,12H,2-3,5H2,1H3,(H,14,16,17). The van der Waals surface area contributed by atoms with Crippen molar-refractivity contribution >= 4 is 0 Å². The molecule has 0 bridgehead atoms. The van der Waals surface area contributed by atoms with Gasteiger partial charge in [0.05, 0.1) is 11.9 Å². The predicted octanol–water partition coefficient (Wildman–Crippen LogP) is 0.822. The highest BCUT2D eigenvalue weighted by Crippen LogP contribution is 2.20. The van der Waals surface area contributed by atoms with Gasteiger partial charge in [0.15, 0.2) is 5.82 Å². The van der Waals surface area contributed by atoms with Crippen molar-refractivity contribution in [3.63, 3.8) is 0 Å². The summed E-state index contributed by atoms with van der Waals surface area (Å²) in [5.74, 6) is 0.622. The summed E-state index contributed by atoms with van der Waals surface area (Å²) in [6.07, 6.45) is 6.02. The number of nitrogens with zero attached hydrogens (tertiary/aromatic N) is 4. The molecule has 0 unspecified atom stereocenters. The van der Waals surface area contributed by atoms with E-state index >= 15 is 0 Å². The van der Waals surface area contributed by atoms with Crippen molar-refractivity contribution in [1.29, 1.82) is 0 Å². The fourth-order valence-corrected chi connectivity index (χ4v) is 1.62. The Labute approximate surface area is 98.9 Å². The number of rotatable bonds is 4. The van der Waals surface area contributed by atoms with Crippen LogP contribution in [0.1, 0.15) is 24.1 Å². The van der Waals surface area contributed by atoms with Crippen LogP contribution < -0.4 is 5.32 Å². The molecule has 0 radical (unpaired) electrons. The van der Waals surface area contributed by atoms with Gasteiger partial charge < -0.3 is 5.32 Å². The van der Waals surface area contributed by atoms with Gasteiger partial charge in [0.2, 0.25) is 0 Å². The Hall–Kier alpha value is -1.82. The van der Waals surface area contributed by atoms with Crippen molar-refractivity contribution in [2.45, 2.75) is 32.4 Å². The number of hydrogen-bond donors (Lipinski definition) is 2. The van der Waals surface area contributed by atoms with Crippen molar-refractivity contribution in [1.82, 2.24) is 30.7 Å². The number of hydrogen-bond acceptors (Lipinski definition) is 5. The summed E-state index contributed by atoms with van der Waals surface area (Å²) in [5, 5.41) is 13.8. The Kier molecular flexibility index (Phi) is 2.56. The van der Waals surface area contributed by atoms with Crippen LogP contribution in [0.3, 0.4) is 0 Å². The molecule has 0 aromatic carbocycles. The molecule has 3 rings (SSSR count). The summed E-state index contributed by atoms with van der Waals surface area (Å²) in [4.78, 5) is 8.78. The van der Waals surface area contributed by atoms with E-state index in [-0.39, 0.29) is 0 Å². The molecule has 2 N–H and O–H groups in total. The maximum absolute atomic E-state index is 4.52. The molecule has 0 atom stereocenters. The average molecular weight is 230 g/mol. The molecule has 6 heteroatoms. The monoisotopic (exact) mass is 230 g/mol. The van der Waals surface area contributed by atoms with E-state index in [1.165, 1.54) is 12.8 Å². The minimum absolute atomic E-state index is 0.622. The molecule has 2 aromatic heterocycles. The van der Waals surface area contributed by atoms with Gasteiger partial charge in [0.25, 0.3) is 0 Å². The van der Waals surface area contributed by atoms with E-state index in [0.717, 1.165) is 17.8 Å². The molecule has 17 heavy (non-hydrogen) atoms. The van der Waals surface area contributed by atoms with Crippen molar-refractivity contribution in [3.8, 4) is 11.5 Å². The fraction of sp³-hybridized carbons (Fsp3) is 0.455. The van der Waals surface area contributed by atoms with Crippen LogP contribution in [0.4, 0.5) is 0 Å². The second-order valence-corrected chi connectivity index (χ2v) is 4.33. The maximum Gasteiger partial charge on any atom is 0.182 e. The minimum atomic E-state index is 0.622. The molecular formula is C11H14N6. The van der Waals surface area contributed by atoms with Gasteiger partial charge in [-0.25, -0.2) is 9.97 Å². The van der Waals surface area contributed by atoms with Crippen LogP contribution in [0.25, 0.3) is 11.5 Å². The Balaban J connectivity index is 1.83. The van der Waals surface area contributed by atoms with E-state index in [1.807, 2.05) is 13.1 Å². The number of H-pyrrole nitrogens is 1. The first-order valence-corrected chi connectivity index (χ1v) is 5.75. The number of aryl methyl sites for hydroxylation is 1. The quantitative estimate of drug-likeness (QED) is 0.813. The highest BCUT2D eigenvalue weighted by atomic mass is 15.3. The fourth-order valence-electron chi connectivity index (χ4n) is 1.62. The van der Waals surface area contributed by atoms with Crippen LogP contribution in [0.15, 0.2) is 12.4 Å². The Morgan fingerprint density at radius 2 is 2.29 bits per heavy atom. The Bertz CT molecular complexity index is 503. The molecule has 0 spiro atoms. The van der Waals surface area contributed by atoms with Crippen molar-refractivity contribution in [2.75, 3.05) is 0 Å². The van der Waals surface area contributed by atoms with E-state index in [0.29, 0.717) is 17.6 Å². The van der Waals surface area contributed by atoms with Gasteiger partial charge in [0, 0.05) is 18.8 Å². The molecule has 2 aromatic rings. The number of nitrogens with one attached hydrogen (secondary N) is 2. The zero-order valence-corrected chi connectivity index (χ0v) is 9.64. The Morgan fingerprint density at radius 1 is 1.41 bits per heavy atom. The van der Waals surface area contributed by atoms with Crippen LogP contribution in [-0.4, -0.2) is 31.4 Å². The van der Waals surface area contributed by atoms with Crippen molar-refractivity contribution in [2.24, 2.45) is 0 Å². The molecule has 1 fully saturated rings. The van der Waals surface area contributed by atoms with E-state index in [1.54, 1.807) is 6.20 Å². The molecule has 1 aliphatic carbocycles. The minimum Gasteiger partial charge on any atom is -0.308 e. The highest BCUT2D eigenvalue weighted by Gasteiger charge is 2.20. The maximum atomic E-state index is 4.52. The molecule has 0 amide bonds. The molecule has 6 nitrogen and oxygen atoms in total. The lowest BCUT2D eigenvalue weighted by Gasteiger charge is -2.06. The summed E-state index contributed by atoms with van der Waals surface area (Å²) in [6, 6.07) is 0.680. The van der Waals surface area contributed by atoms with Gasteiger partial charge >= 0.3 is 0 Å². The summed E-state index contributed by atoms with van der Waals surface area (Å²) < 4.78 is 0. The molecule has 0 saturated heterocycles. The summed E-state index contributed by atoms with van der Waals surface area (Å²) in [6.45, 7) is 2.82. The molecule has 2 heterocycles. The zero-order valence-electron chi connectivity index (χ0n) is 9.64. The van der Waals surface area contributed by atoms with E-state index in [9.17, 15) is 0 Å². The van der Waals surface area contributed by atoms with Gasteiger partial charge in [0.1, 0.15) is 5.69 Å². The lowest BCUT2D eigenvalue weighted by Crippen LogP contribution is -2.17. The third-order valence-corrected chi connectivity index (χ3v) is 2.86. The van der Waals surface area contributed by atoms with E-state index in [2.05, 4.69) is 30.7 Å². The topological polar surface area (TPSA) is 79.4 Å². The van der Waals surface area contributed by atoms with Crippen LogP contribution >= 0.6 is 0 Å². The molecule has 1 saturated carbocycles. The molecule has 1 aliphatic rings. The predicted molar refractivity (Wildman–Crippen MR) is 62.0 cm³/mol. The first kappa shape index (κ1) is 10.3. The largest absolute Gasteiger partial charge is 0.308 e. The molecular weight excluding hydrogens is 216 g/mol. The normalized spacial score (nSPS) is 15.1. The first-order chi connectivity index (χ1) is 8.33. The summed E-state index contributed by atoms with van der Waals surface area (Å²) in [7, 11) is 0. The van der Waals surface area contributed by atoms with Gasteiger partial charge in [-0.05, 0) is 25.3 Å². The smallest absolute Gasteiger partial charge is 0.182 e. The lowest BCUT2D eigenvalue weighted by atomic mass is 10.2. The van der Waals surface area contributed by atoms with Gasteiger partial charge in [-0.3, -0.25) is 0 Å². The first-order valence-electron chi connectivity index (χ1n) is 5.75. The third kappa shape index (κ3) is 2.31.